The van der Waals surface area contributed by atoms with Crippen molar-refractivity contribution in [2.45, 2.75) is 23.0 Å². The summed E-state index contributed by atoms with van der Waals surface area (Å²) in [5.41, 5.74) is 1.08. The minimum atomic E-state index is -3.18. The molecule has 4 nitrogen and oxygen atoms in total. The summed E-state index contributed by atoms with van der Waals surface area (Å²) in [5, 5.41) is -0.223. The van der Waals surface area contributed by atoms with Gasteiger partial charge in [-0.3, -0.25) is 4.79 Å². The molecule has 1 heterocycles. The molecule has 0 spiro atoms. The summed E-state index contributed by atoms with van der Waals surface area (Å²) >= 11 is 0. The largest absolute Gasteiger partial charge is 0.277 e. The number of benzene rings is 1. The van der Waals surface area contributed by atoms with Gasteiger partial charge < -0.3 is 0 Å². The number of carbonyl (C=O) groups excluding carboxylic acids is 1. The van der Waals surface area contributed by atoms with Crippen molar-refractivity contribution >= 4 is 22.0 Å². The molecule has 5 heteroatoms. The Balaban J connectivity index is 2.11. The van der Waals surface area contributed by atoms with Crippen molar-refractivity contribution in [3.8, 4) is 0 Å². The molecule has 1 aliphatic heterocycles. The summed E-state index contributed by atoms with van der Waals surface area (Å²) in [6, 6.07) is 4.58. The number of sulfone groups is 1. The van der Waals surface area contributed by atoms with Crippen molar-refractivity contribution in [1.82, 2.24) is 0 Å². The number of carbonyl (C=O) groups is 1. The highest BCUT2D eigenvalue weighted by Crippen LogP contribution is 2.34. The molecule has 1 aromatic carbocycles. The van der Waals surface area contributed by atoms with Crippen LogP contribution in [0.15, 0.2) is 28.1 Å². The first-order chi connectivity index (χ1) is 7.59. The van der Waals surface area contributed by atoms with E-state index in [0.29, 0.717) is 16.0 Å². The molecule has 1 aliphatic carbocycles. The third-order valence-corrected chi connectivity index (χ3v) is 5.13. The van der Waals surface area contributed by atoms with Gasteiger partial charge in [0.25, 0.3) is 5.91 Å². The van der Waals surface area contributed by atoms with Crippen molar-refractivity contribution in [3.63, 3.8) is 0 Å². The molecule has 3 rings (SSSR count). The second kappa shape index (κ2) is 3.01. The fourth-order valence-electron chi connectivity index (χ4n) is 1.79. The van der Waals surface area contributed by atoms with Crippen LogP contribution < -0.4 is 0 Å². The first-order valence-electron chi connectivity index (χ1n) is 5.05. The Morgan fingerprint density at radius 3 is 2.69 bits per heavy atom. The maximum absolute atomic E-state index is 11.9. The lowest BCUT2D eigenvalue weighted by molar-refractivity contribution is 0.101. The van der Waals surface area contributed by atoms with E-state index in [1.807, 2.05) is 0 Å². The van der Waals surface area contributed by atoms with Crippen LogP contribution in [-0.4, -0.2) is 25.8 Å². The van der Waals surface area contributed by atoms with Gasteiger partial charge in [0.05, 0.1) is 15.7 Å². The Morgan fingerprint density at radius 1 is 1.25 bits per heavy atom. The third-order valence-electron chi connectivity index (χ3n) is 2.87. The van der Waals surface area contributed by atoms with Crippen LogP contribution in [0, 0.1) is 0 Å². The molecule has 16 heavy (non-hydrogen) atoms. The predicted octanol–water partition coefficient (Wildman–Crippen LogP) is 1.20. The minimum Gasteiger partial charge on any atom is -0.267 e. The summed E-state index contributed by atoms with van der Waals surface area (Å²) in [7, 11) is -3.18. The first kappa shape index (κ1) is 9.72. The Kier molecular flexibility index (Phi) is 1.83. The van der Waals surface area contributed by atoms with Crippen LogP contribution in [0.25, 0.3) is 0 Å². The zero-order chi connectivity index (χ0) is 11.3. The number of nitrogens with zero attached hydrogens (tertiary/aromatic N) is 1. The summed E-state index contributed by atoms with van der Waals surface area (Å²) in [6.45, 7) is 0. The second-order valence-corrected chi connectivity index (χ2v) is 6.28. The van der Waals surface area contributed by atoms with Crippen LogP contribution in [-0.2, 0) is 9.84 Å². The molecule has 0 saturated heterocycles. The van der Waals surface area contributed by atoms with E-state index in [0.717, 1.165) is 12.8 Å². The van der Waals surface area contributed by atoms with Crippen molar-refractivity contribution in [2.75, 3.05) is 0 Å². The number of aliphatic imine (C=N–C) groups is 1. The van der Waals surface area contributed by atoms with Crippen LogP contribution >= 0.6 is 0 Å². The lowest BCUT2D eigenvalue weighted by atomic mass is 10.1. The van der Waals surface area contributed by atoms with Gasteiger partial charge in [0, 0.05) is 11.8 Å². The summed E-state index contributed by atoms with van der Waals surface area (Å²) < 4.78 is 23.9. The van der Waals surface area contributed by atoms with Gasteiger partial charge >= 0.3 is 0 Å². The number of rotatable bonds is 2. The lowest BCUT2D eigenvalue weighted by Crippen LogP contribution is -2.08. The van der Waals surface area contributed by atoms with E-state index < -0.39 is 9.84 Å². The summed E-state index contributed by atoms with van der Waals surface area (Å²) in [5.74, 6) is -0.301. The average molecular weight is 235 g/mol. The van der Waals surface area contributed by atoms with Crippen molar-refractivity contribution in [2.24, 2.45) is 4.99 Å². The molecular formula is C11H9NO3S. The molecule has 1 amide bonds. The molecular weight excluding hydrogens is 226 g/mol. The maximum atomic E-state index is 11.9. The molecule has 1 aromatic rings. The van der Waals surface area contributed by atoms with Crippen LogP contribution in [0.5, 0.6) is 0 Å². The van der Waals surface area contributed by atoms with E-state index in [4.69, 9.17) is 0 Å². The average Bonchev–Trinajstić information content (AvgIpc) is 3.05. The van der Waals surface area contributed by atoms with Crippen molar-refractivity contribution in [3.05, 3.63) is 29.3 Å². The zero-order valence-electron chi connectivity index (χ0n) is 8.38. The summed E-state index contributed by atoms with van der Waals surface area (Å²) in [6.07, 6.45) is 2.91. The number of hydrogen-bond acceptors (Lipinski definition) is 3. The maximum Gasteiger partial charge on any atom is 0.277 e. The molecule has 0 radical (unpaired) electrons. The van der Waals surface area contributed by atoms with Crippen LogP contribution in [0.4, 0.5) is 0 Å². The van der Waals surface area contributed by atoms with Gasteiger partial charge in [-0.15, -0.1) is 0 Å². The van der Waals surface area contributed by atoms with Crippen molar-refractivity contribution in [1.29, 1.82) is 0 Å². The highest BCUT2D eigenvalue weighted by atomic mass is 32.2. The normalized spacial score (nSPS) is 18.9. The molecule has 0 N–H and O–H groups in total. The van der Waals surface area contributed by atoms with Gasteiger partial charge in [-0.1, -0.05) is 0 Å². The molecule has 2 aliphatic rings. The van der Waals surface area contributed by atoms with Crippen LogP contribution in [0.3, 0.4) is 0 Å². The molecule has 1 saturated carbocycles. The fourth-order valence-corrected chi connectivity index (χ4v) is 3.48. The number of fused-ring (bicyclic) bond motifs is 1. The zero-order valence-corrected chi connectivity index (χ0v) is 9.20. The molecule has 1 fully saturated rings. The van der Waals surface area contributed by atoms with Gasteiger partial charge in [0.15, 0.2) is 9.84 Å². The monoisotopic (exact) mass is 235 g/mol. The van der Waals surface area contributed by atoms with E-state index in [1.165, 1.54) is 18.3 Å². The topological polar surface area (TPSA) is 63.6 Å². The van der Waals surface area contributed by atoms with Gasteiger partial charge in [0.2, 0.25) is 0 Å². The molecule has 0 bridgehead atoms. The number of amides is 1. The van der Waals surface area contributed by atoms with Gasteiger partial charge in [-0.25, -0.2) is 13.4 Å². The Bertz CT molecular complexity index is 612. The fraction of sp³-hybridized carbons (Fsp3) is 0.273. The predicted molar refractivity (Wildman–Crippen MR) is 58.6 cm³/mol. The van der Waals surface area contributed by atoms with Crippen LogP contribution in [0.1, 0.15) is 28.8 Å². The molecule has 0 atom stereocenters. The van der Waals surface area contributed by atoms with Gasteiger partial charge in [-0.2, -0.15) is 0 Å². The molecule has 0 unspecified atom stereocenters. The van der Waals surface area contributed by atoms with E-state index in [9.17, 15) is 13.2 Å². The SMILES string of the molecule is O=C1N=Cc2cc(S(=O)(=O)C3CC3)ccc21. The Morgan fingerprint density at radius 2 is 2.00 bits per heavy atom. The standard InChI is InChI=1S/C11H9NO3S/c13-11-10-4-3-9(5-7(10)6-12-11)16(14,15)8-1-2-8/h3-6,8H,1-2H2. The van der Waals surface area contributed by atoms with E-state index in [1.54, 1.807) is 6.07 Å². The van der Waals surface area contributed by atoms with E-state index in [2.05, 4.69) is 4.99 Å². The van der Waals surface area contributed by atoms with Crippen LogP contribution in [0.2, 0.25) is 0 Å². The minimum absolute atomic E-state index is 0.223. The lowest BCUT2D eigenvalue weighted by Gasteiger charge is -2.03. The quantitative estimate of drug-likeness (QED) is 0.773. The van der Waals surface area contributed by atoms with Crippen molar-refractivity contribution < 1.29 is 13.2 Å². The Labute approximate surface area is 92.9 Å². The molecule has 0 aromatic heterocycles. The Hall–Kier alpha value is -1.49. The van der Waals surface area contributed by atoms with E-state index >= 15 is 0 Å². The highest BCUT2D eigenvalue weighted by Gasteiger charge is 2.37. The van der Waals surface area contributed by atoms with E-state index in [-0.39, 0.29) is 11.2 Å². The highest BCUT2D eigenvalue weighted by molar-refractivity contribution is 7.92. The molecule has 82 valence electrons. The second-order valence-electron chi connectivity index (χ2n) is 4.06. The number of hydrogen-bond donors (Lipinski definition) is 0. The third kappa shape index (κ3) is 1.31. The first-order valence-corrected chi connectivity index (χ1v) is 6.60. The smallest absolute Gasteiger partial charge is 0.267 e. The summed E-state index contributed by atoms with van der Waals surface area (Å²) in [4.78, 5) is 15.2. The van der Waals surface area contributed by atoms with Gasteiger partial charge in [-0.05, 0) is 31.0 Å². The van der Waals surface area contributed by atoms with Gasteiger partial charge in [0.1, 0.15) is 0 Å².